The molecule has 0 aromatic rings. The highest BCUT2D eigenvalue weighted by Crippen LogP contribution is 2.24. The molecule has 1 aliphatic rings. The van der Waals surface area contributed by atoms with Gasteiger partial charge in [-0.15, -0.1) is 11.8 Å². The summed E-state index contributed by atoms with van der Waals surface area (Å²) < 4.78 is 24.7. The molecule has 0 aromatic carbocycles. The molecule has 1 aliphatic heterocycles. The van der Waals surface area contributed by atoms with Crippen LogP contribution in [0.3, 0.4) is 0 Å². The van der Waals surface area contributed by atoms with Gasteiger partial charge >= 0.3 is 0 Å². The number of rotatable bonds is 1. The quantitative estimate of drug-likeness (QED) is 0.609. The maximum absolute atomic E-state index is 12.4. The molecule has 0 aromatic heterocycles. The van der Waals surface area contributed by atoms with Crippen LogP contribution in [0.4, 0.5) is 8.78 Å². The second kappa shape index (κ2) is 2.42. The standard InChI is InChI=1S/C5H9F2NS/c1-5(6,7)4-2-9-3-8-4/h4,8H,2-3H2,1H3. The monoisotopic (exact) mass is 153 g/mol. The van der Waals surface area contributed by atoms with Gasteiger partial charge in [-0.3, -0.25) is 5.32 Å². The van der Waals surface area contributed by atoms with Gasteiger partial charge in [0.15, 0.2) is 0 Å². The van der Waals surface area contributed by atoms with Crippen molar-refractivity contribution >= 4 is 11.8 Å². The molecule has 1 heterocycles. The highest BCUT2D eigenvalue weighted by atomic mass is 32.2. The van der Waals surface area contributed by atoms with E-state index < -0.39 is 12.0 Å². The van der Waals surface area contributed by atoms with Crippen molar-refractivity contribution in [3.63, 3.8) is 0 Å². The first-order chi connectivity index (χ1) is 4.11. The van der Waals surface area contributed by atoms with Gasteiger partial charge in [-0.1, -0.05) is 0 Å². The number of alkyl halides is 2. The minimum atomic E-state index is -2.55. The third-order valence-electron chi connectivity index (χ3n) is 1.33. The average Bonchev–Trinajstić information content (AvgIpc) is 2.08. The van der Waals surface area contributed by atoms with E-state index in [1.165, 1.54) is 11.8 Å². The van der Waals surface area contributed by atoms with E-state index in [1.807, 2.05) is 0 Å². The lowest BCUT2D eigenvalue weighted by atomic mass is 10.2. The Bertz CT molecular complexity index is 95.6. The highest BCUT2D eigenvalue weighted by molar-refractivity contribution is 7.99. The lowest BCUT2D eigenvalue weighted by Crippen LogP contribution is -2.40. The molecule has 4 heteroatoms. The van der Waals surface area contributed by atoms with Crippen LogP contribution in [0.2, 0.25) is 0 Å². The van der Waals surface area contributed by atoms with E-state index in [0.29, 0.717) is 11.6 Å². The third kappa shape index (κ3) is 1.79. The molecule has 0 radical (unpaired) electrons. The fourth-order valence-electron chi connectivity index (χ4n) is 0.721. The van der Waals surface area contributed by atoms with Gasteiger partial charge in [0.25, 0.3) is 5.92 Å². The Hall–Kier alpha value is 0.170. The highest BCUT2D eigenvalue weighted by Gasteiger charge is 2.35. The first-order valence-corrected chi connectivity index (χ1v) is 3.95. The Morgan fingerprint density at radius 3 is 2.56 bits per heavy atom. The van der Waals surface area contributed by atoms with Crippen molar-refractivity contribution in [2.45, 2.75) is 18.9 Å². The molecule has 0 saturated carbocycles. The molecular weight excluding hydrogens is 144 g/mol. The molecule has 0 bridgehead atoms. The van der Waals surface area contributed by atoms with Crippen molar-refractivity contribution in [1.82, 2.24) is 5.32 Å². The zero-order chi connectivity index (χ0) is 6.91. The first-order valence-electron chi connectivity index (χ1n) is 2.79. The van der Waals surface area contributed by atoms with E-state index in [4.69, 9.17) is 0 Å². The normalized spacial score (nSPS) is 29.0. The number of halogens is 2. The summed E-state index contributed by atoms with van der Waals surface area (Å²) >= 11 is 1.52. The predicted octanol–water partition coefficient (Wildman–Crippen LogP) is 1.30. The molecule has 1 N–H and O–H groups in total. The maximum Gasteiger partial charge on any atom is 0.261 e. The summed E-state index contributed by atoms with van der Waals surface area (Å²) in [6.07, 6.45) is 0. The van der Waals surface area contributed by atoms with Gasteiger partial charge in [0.1, 0.15) is 0 Å². The van der Waals surface area contributed by atoms with Gasteiger partial charge in [-0.25, -0.2) is 8.78 Å². The molecule has 0 spiro atoms. The third-order valence-corrected chi connectivity index (χ3v) is 2.27. The molecule has 1 saturated heterocycles. The summed E-state index contributed by atoms with van der Waals surface area (Å²) in [7, 11) is 0. The molecule has 0 aliphatic carbocycles. The molecule has 1 unspecified atom stereocenters. The van der Waals surface area contributed by atoms with Crippen LogP contribution in [0, 0.1) is 0 Å². The zero-order valence-electron chi connectivity index (χ0n) is 5.16. The van der Waals surface area contributed by atoms with Crippen LogP contribution in [0.15, 0.2) is 0 Å². The Morgan fingerprint density at radius 2 is 2.33 bits per heavy atom. The summed E-state index contributed by atoms with van der Waals surface area (Å²) in [4.78, 5) is 0. The number of nitrogens with one attached hydrogen (secondary N) is 1. The van der Waals surface area contributed by atoms with Crippen LogP contribution < -0.4 is 5.32 Å². The number of thioether (sulfide) groups is 1. The number of hydrogen-bond donors (Lipinski definition) is 1. The topological polar surface area (TPSA) is 12.0 Å². The van der Waals surface area contributed by atoms with Gasteiger partial charge in [0.2, 0.25) is 0 Å². The van der Waals surface area contributed by atoms with E-state index in [-0.39, 0.29) is 0 Å². The van der Waals surface area contributed by atoms with Crippen LogP contribution in [-0.4, -0.2) is 23.6 Å². The van der Waals surface area contributed by atoms with Crippen LogP contribution in [0.5, 0.6) is 0 Å². The summed E-state index contributed by atoms with van der Waals surface area (Å²) in [6.45, 7) is 0.955. The fraction of sp³-hybridized carbons (Fsp3) is 1.00. The molecule has 1 atom stereocenters. The first kappa shape index (κ1) is 7.28. The Morgan fingerprint density at radius 1 is 1.67 bits per heavy atom. The molecule has 1 fully saturated rings. The minimum absolute atomic E-state index is 0.531. The van der Waals surface area contributed by atoms with Crippen molar-refractivity contribution in [3.05, 3.63) is 0 Å². The van der Waals surface area contributed by atoms with Gasteiger partial charge in [0.05, 0.1) is 6.04 Å². The second-order valence-electron chi connectivity index (χ2n) is 2.23. The largest absolute Gasteiger partial charge is 0.299 e. The van der Waals surface area contributed by atoms with Crippen molar-refractivity contribution in [1.29, 1.82) is 0 Å². The SMILES string of the molecule is CC(F)(F)C1CSCN1. The Kier molecular flexibility index (Phi) is 1.96. The molecule has 0 amide bonds. The van der Waals surface area contributed by atoms with Crippen LogP contribution in [-0.2, 0) is 0 Å². The second-order valence-corrected chi connectivity index (χ2v) is 3.26. The van der Waals surface area contributed by atoms with Gasteiger partial charge in [-0.05, 0) is 0 Å². The van der Waals surface area contributed by atoms with Crippen molar-refractivity contribution < 1.29 is 8.78 Å². The summed E-state index contributed by atoms with van der Waals surface area (Å²) in [5, 5.41) is 2.71. The molecule has 1 rings (SSSR count). The average molecular weight is 153 g/mol. The molecule has 54 valence electrons. The van der Waals surface area contributed by atoms with Crippen LogP contribution >= 0.6 is 11.8 Å². The van der Waals surface area contributed by atoms with E-state index in [9.17, 15) is 8.78 Å². The smallest absolute Gasteiger partial charge is 0.261 e. The van der Waals surface area contributed by atoms with Crippen LogP contribution in [0.1, 0.15) is 6.92 Å². The van der Waals surface area contributed by atoms with Gasteiger partial charge < -0.3 is 0 Å². The van der Waals surface area contributed by atoms with E-state index >= 15 is 0 Å². The Balaban J connectivity index is 2.42. The van der Waals surface area contributed by atoms with Gasteiger partial charge in [0, 0.05) is 18.6 Å². The van der Waals surface area contributed by atoms with Crippen molar-refractivity contribution in [2.75, 3.05) is 11.6 Å². The van der Waals surface area contributed by atoms with E-state index in [1.54, 1.807) is 0 Å². The van der Waals surface area contributed by atoms with E-state index in [0.717, 1.165) is 6.92 Å². The van der Waals surface area contributed by atoms with Crippen LogP contribution in [0.25, 0.3) is 0 Å². The lowest BCUT2D eigenvalue weighted by molar-refractivity contribution is -0.00649. The summed E-state index contributed by atoms with van der Waals surface area (Å²) in [5.41, 5.74) is 0. The lowest BCUT2D eigenvalue weighted by Gasteiger charge is -2.16. The summed E-state index contributed by atoms with van der Waals surface area (Å²) in [5.74, 6) is -1.36. The number of hydrogen-bond acceptors (Lipinski definition) is 2. The maximum atomic E-state index is 12.4. The fourth-order valence-corrected chi connectivity index (χ4v) is 1.80. The molecule has 1 nitrogen and oxygen atoms in total. The zero-order valence-corrected chi connectivity index (χ0v) is 5.97. The van der Waals surface area contributed by atoms with Crippen molar-refractivity contribution in [3.8, 4) is 0 Å². The summed E-state index contributed by atoms with van der Waals surface area (Å²) in [6, 6.07) is -0.609. The molecular formula is C5H9F2NS. The predicted molar refractivity (Wildman–Crippen MR) is 34.9 cm³/mol. The molecule has 9 heavy (non-hydrogen) atoms. The van der Waals surface area contributed by atoms with Crippen molar-refractivity contribution in [2.24, 2.45) is 0 Å². The van der Waals surface area contributed by atoms with E-state index in [2.05, 4.69) is 5.32 Å². The Labute approximate surface area is 57.2 Å². The minimum Gasteiger partial charge on any atom is -0.299 e. The van der Waals surface area contributed by atoms with Gasteiger partial charge in [-0.2, -0.15) is 0 Å².